The Morgan fingerprint density at radius 1 is 1.38 bits per heavy atom. The molecule has 0 spiro atoms. The van der Waals surface area contributed by atoms with E-state index < -0.39 is 0 Å². The maximum absolute atomic E-state index is 8.83. The number of rotatable bonds is 5. The van der Waals surface area contributed by atoms with Crippen molar-refractivity contribution in [2.45, 2.75) is 49.7 Å². The monoisotopic (exact) mass is 227 g/mol. The fourth-order valence-electron chi connectivity index (χ4n) is 3.38. The Morgan fingerprint density at radius 3 is 2.50 bits per heavy atom. The fourth-order valence-corrected chi connectivity index (χ4v) is 3.38. The summed E-state index contributed by atoms with van der Waals surface area (Å²) in [4.78, 5) is 2.53. The Labute approximate surface area is 98.2 Å². The summed E-state index contributed by atoms with van der Waals surface area (Å²) < 4.78 is 0. The zero-order chi connectivity index (χ0) is 11.6. The second kappa shape index (κ2) is 5.00. The van der Waals surface area contributed by atoms with Gasteiger partial charge >= 0.3 is 0 Å². The molecule has 0 radical (unpaired) electrons. The summed E-state index contributed by atoms with van der Waals surface area (Å²) in [5, 5.41) is 12.4. The van der Waals surface area contributed by atoms with E-state index in [1.807, 2.05) is 0 Å². The van der Waals surface area contributed by atoms with Crippen LogP contribution in [0.25, 0.3) is 0 Å². The normalized spacial score (nSPS) is 39.2. The lowest BCUT2D eigenvalue weighted by Gasteiger charge is -2.45. The third kappa shape index (κ3) is 2.25. The van der Waals surface area contributed by atoms with Gasteiger partial charge in [-0.15, -0.1) is 0 Å². The molecule has 4 N–H and O–H groups in total. The molecule has 4 heteroatoms. The third-order valence-corrected chi connectivity index (χ3v) is 4.46. The van der Waals surface area contributed by atoms with Crippen LogP contribution in [0.2, 0.25) is 0 Å². The van der Waals surface area contributed by atoms with E-state index in [9.17, 15) is 0 Å². The molecule has 16 heavy (non-hydrogen) atoms. The SMILES string of the molecule is CN1C2CCC1CC(CN)(NCCCO)C2. The smallest absolute Gasteiger partial charge is 0.0443 e. The van der Waals surface area contributed by atoms with Crippen LogP contribution in [0.3, 0.4) is 0 Å². The zero-order valence-corrected chi connectivity index (χ0v) is 10.3. The van der Waals surface area contributed by atoms with Crippen molar-refractivity contribution < 1.29 is 5.11 Å². The van der Waals surface area contributed by atoms with E-state index in [0.29, 0.717) is 12.1 Å². The van der Waals surface area contributed by atoms with E-state index in [0.717, 1.165) is 19.5 Å². The van der Waals surface area contributed by atoms with Gasteiger partial charge in [-0.05, 0) is 45.7 Å². The molecule has 0 amide bonds. The van der Waals surface area contributed by atoms with Crippen molar-refractivity contribution in [2.24, 2.45) is 5.73 Å². The van der Waals surface area contributed by atoms with E-state index in [4.69, 9.17) is 10.8 Å². The lowest BCUT2D eigenvalue weighted by molar-refractivity contribution is 0.0933. The van der Waals surface area contributed by atoms with Crippen molar-refractivity contribution >= 4 is 0 Å². The van der Waals surface area contributed by atoms with Gasteiger partial charge in [-0.1, -0.05) is 0 Å². The first-order chi connectivity index (χ1) is 7.71. The van der Waals surface area contributed by atoms with E-state index in [1.54, 1.807) is 0 Å². The molecule has 2 rings (SSSR count). The maximum Gasteiger partial charge on any atom is 0.0443 e. The van der Waals surface area contributed by atoms with Crippen LogP contribution < -0.4 is 11.1 Å². The number of piperidine rings is 1. The average molecular weight is 227 g/mol. The molecule has 2 bridgehead atoms. The van der Waals surface area contributed by atoms with Gasteiger partial charge in [-0.25, -0.2) is 0 Å². The molecule has 0 aromatic carbocycles. The molecule has 2 heterocycles. The molecular weight excluding hydrogens is 202 g/mol. The van der Waals surface area contributed by atoms with Gasteiger partial charge in [0, 0.05) is 30.8 Å². The second-order valence-corrected chi connectivity index (χ2v) is 5.45. The van der Waals surface area contributed by atoms with Crippen LogP contribution in [0, 0.1) is 0 Å². The highest BCUT2D eigenvalue weighted by Gasteiger charge is 2.45. The van der Waals surface area contributed by atoms with Crippen LogP contribution in [0.5, 0.6) is 0 Å². The first-order valence-corrected chi connectivity index (χ1v) is 6.49. The minimum atomic E-state index is 0.132. The van der Waals surface area contributed by atoms with Crippen molar-refractivity contribution in [3.63, 3.8) is 0 Å². The van der Waals surface area contributed by atoms with Crippen molar-refractivity contribution in [3.8, 4) is 0 Å². The van der Waals surface area contributed by atoms with Crippen LogP contribution >= 0.6 is 0 Å². The van der Waals surface area contributed by atoms with Gasteiger partial charge < -0.3 is 21.1 Å². The summed E-state index contributed by atoms with van der Waals surface area (Å²) in [7, 11) is 2.25. The summed E-state index contributed by atoms with van der Waals surface area (Å²) in [6, 6.07) is 1.42. The number of hydrogen-bond donors (Lipinski definition) is 3. The minimum absolute atomic E-state index is 0.132. The lowest BCUT2D eigenvalue weighted by atomic mass is 9.83. The predicted octanol–water partition coefficient (Wildman–Crippen LogP) is -0.0875. The largest absolute Gasteiger partial charge is 0.396 e. The number of fused-ring (bicyclic) bond motifs is 2. The molecule has 94 valence electrons. The Bertz CT molecular complexity index is 220. The van der Waals surface area contributed by atoms with Crippen LogP contribution in [0.15, 0.2) is 0 Å². The molecule has 2 aliphatic rings. The highest BCUT2D eigenvalue weighted by molar-refractivity contribution is 5.05. The molecule has 0 saturated carbocycles. The highest BCUT2D eigenvalue weighted by atomic mass is 16.3. The highest BCUT2D eigenvalue weighted by Crippen LogP contribution is 2.39. The van der Waals surface area contributed by atoms with Crippen molar-refractivity contribution in [1.82, 2.24) is 10.2 Å². The van der Waals surface area contributed by atoms with Crippen molar-refractivity contribution in [3.05, 3.63) is 0 Å². The summed E-state index contributed by atoms with van der Waals surface area (Å²) in [5.74, 6) is 0. The summed E-state index contributed by atoms with van der Waals surface area (Å²) in [5.41, 5.74) is 6.11. The van der Waals surface area contributed by atoms with E-state index in [1.165, 1.54) is 25.7 Å². The molecule has 2 unspecified atom stereocenters. The topological polar surface area (TPSA) is 61.5 Å². The first kappa shape index (κ1) is 12.3. The molecule has 2 saturated heterocycles. The van der Waals surface area contributed by atoms with E-state index >= 15 is 0 Å². The maximum atomic E-state index is 8.83. The quantitative estimate of drug-likeness (QED) is 0.575. The molecule has 4 nitrogen and oxygen atoms in total. The summed E-state index contributed by atoms with van der Waals surface area (Å²) in [6.07, 6.45) is 5.81. The van der Waals surface area contributed by atoms with Gasteiger partial charge in [0.1, 0.15) is 0 Å². The number of hydrogen-bond acceptors (Lipinski definition) is 4. The number of nitrogens with one attached hydrogen (secondary N) is 1. The number of aliphatic hydroxyl groups excluding tert-OH is 1. The van der Waals surface area contributed by atoms with E-state index in [-0.39, 0.29) is 12.1 Å². The Balaban J connectivity index is 1.95. The van der Waals surface area contributed by atoms with Crippen LogP contribution in [0.4, 0.5) is 0 Å². The minimum Gasteiger partial charge on any atom is -0.396 e. The van der Waals surface area contributed by atoms with Crippen LogP contribution in [-0.4, -0.2) is 54.4 Å². The van der Waals surface area contributed by atoms with Gasteiger partial charge in [0.2, 0.25) is 0 Å². The average Bonchev–Trinajstić information content (AvgIpc) is 2.54. The molecule has 0 aliphatic carbocycles. The lowest BCUT2D eigenvalue weighted by Crippen LogP contribution is -2.60. The standard InChI is InChI=1S/C12H25N3O/c1-15-10-3-4-11(15)8-12(7-10,9-13)14-5-2-6-16/h10-11,14,16H,2-9,13H2,1H3. The zero-order valence-electron chi connectivity index (χ0n) is 10.3. The second-order valence-electron chi connectivity index (χ2n) is 5.45. The molecule has 0 aromatic rings. The molecule has 2 atom stereocenters. The number of nitrogens with two attached hydrogens (primary N) is 1. The van der Waals surface area contributed by atoms with Gasteiger partial charge in [0.15, 0.2) is 0 Å². The first-order valence-electron chi connectivity index (χ1n) is 6.49. The van der Waals surface area contributed by atoms with Gasteiger partial charge in [-0.2, -0.15) is 0 Å². The predicted molar refractivity (Wildman–Crippen MR) is 65.3 cm³/mol. The van der Waals surface area contributed by atoms with Crippen LogP contribution in [0.1, 0.15) is 32.1 Å². The summed E-state index contributed by atoms with van der Waals surface area (Å²) >= 11 is 0. The number of aliphatic hydroxyl groups is 1. The number of nitrogens with zero attached hydrogens (tertiary/aromatic N) is 1. The van der Waals surface area contributed by atoms with Gasteiger partial charge in [-0.3, -0.25) is 0 Å². The Morgan fingerprint density at radius 2 is 2.00 bits per heavy atom. The van der Waals surface area contributed by atoms with Gasteiger partial charge in [0.05, 0.1) is 0 Å². The van der Waals surface area contributed by atoms with Crippen LogP contribution in [-0.2, 0) is 0 Å². The molecular formula is C12H25N3O. The summed E-state index contributed by atoms with van der Waals surface area (Å²) in [6.45, 7) is 1.87. The molecule has 2 fully saturated rings. The Hall–Kier alpha value is -0.160. The van der Waals surface area contributed by atoms with Crippen molar-refractivity contribution in [2.75, 3.05) is 26.7 Å². The van der Waals surface area contributed by atoms with Crippen molar-refractivity contribution in [1.29, 1.82) is 0 Å². The fraction of sp³-hybridized carbons (Fsp3) is 1.00. The molecule has 0 aromatic heterocycles. The van der Waals surface area contributed by atoms with Gasteiger partial charge in [0.25, 0.3) is 0 Å². The third-order valence-electron chi connectivity index (χ3n) is 4.46. The van der Waals surface area contributed by atoms with E-state index in [2.05, 4.69) is 17.3 Å². The Kier molecular flexibility index (Phi) is 3.85. The molecule has 2 aliphatic heterocycles.